The number of carbonyl (C=O) groups excluding carboxylic acids is 1. The highest BCUT2D eigenvalue weighted by Crippen LogP contribution is 2.08. The van der Waals surface area contributed by atoms with Crippen molar-refractivity contribution in [2.75, 3.05) is 13.6 Å². The lowest BCUT2D eigenvalue weighted by molar-refractivity contribution is -0.133. The highest BCUT2D eigenvalue weighted by atomic mass is 16.2. The number of allylic oxidation sites excluding steroid dienone is 3. The molecule has 104 valence electrons. The second-order valence-electron chi connectivity index (χ2n) is 5.40. The third kappa shape index (κ3) is 7.31. The molecular weight excluding hydrogens is 222 g/mol. The Morgan fingerprint density at radius 3 is 2.33 bits per heavy atom. The van der Waals surface area contributed by atoms with E-state index in [0.29, 0.717) is 0 Å². The number of hydrogen-bond donors (Lipinski definition) is 0. The normalized spacial score (nSPS) is 13.1. The second kappa shape index (κ2) is 8.96. The summed E-state index contributed by atoms with van der Waals surface area (Å²) in [7, 11) is 1.88. The highest BCUT2D eigenvalue weighted by molar-refractivity contribution is 5.78. The standard InChI is InChI=1S/C16H29NO/c1-7-15(5)16(18)17(6)12-11-14(4)10-8-9-13(2)3/h9,11,15H,7-8,10,12H2,1-6H3/b14-11-. The topological polar surface area (TPSA) is 20.3 Å². The number of hydrogen-bond acceptors (Lipinski definition) is 1. The van der Waals surface area contributed by atoms with Crippen LogP contribution in [-0.2, 0) is 4.79 Å². The van der Waals surface area contributed by atoms with E-state index in [1.165, 1.54) is 11.1 Å². The van der Waals surface area contributed by atoms with Crippen molar-refractivity contribution in [3.05, 3.63) is 23.3 Å². The summed E-state index contributed by atoms with van der Waals surface area (Å²) < 4.78 is 0. The minimum Gasteiger partial charge on any atom is -0.342 e. The molecule has 0 N–H and O–H groups in total. The van der Waals surface area contributed by atoms with E-state index in [1.54, 1.807) is 0 Å². The van der Waals surface area contributed by atoms with Gasteiger partial charge in [-0.3, -0.25) is 4.79 Å². The first-order chi connectivity index (χ1) is 8.38. The summed E-state index contributed by atoms with van der Waals surface area (Å²) in [6, 6.07) is 0. The first-order valence-corrected chi connectivity index (χ1v) is 6.92. The number of amides is 1. The molecular formula is C16H29NO. The minimum absolute atomic E-state index is 0.134. The first kappa shape index (κ1) is 16.9. The lowest BCUT2D eigenvalue weighted by Crippen LogP contribution is -2.31. The summed E-state index contributed by atoms with van der Waals surface area (Å²) in [5, 5.41) is 0. The van der Waals surface area contributed by atoms with Crippen LogP contribution in [0.2, 0.25) is 0 Å². The van der Waals surface area contributed by atoms with Gasteiger partial charge in [-0.05, 0) is 40.0 Å². The molecule has 1 atom stereocenters. The predicted molar refractivity (Wildman–Crippen MR) is 79.5 cm³/mol. The third-order valence-electron chi connectivity index (χ3n) is 3.22. The Bertz CT molecular complexity index is 311. The van der Waals surface area contributed by atoms with E-state index in [-0.39, 0.29) is 11.8 Å². The van der Waals surface area contributed by atoms with Gasteiger partial charge in [0.25, 0.3) is 0 Å². The number of nitrogens with zero attached hydrogens (tertiary/aromatic N) is 1. The van der Waals surface area contributed by atoms with E-state index in [0.717, 1.165) is 25.8 Å². The highest BCUT2D eigenvalue weighted by Gasteiger charge is 2.14. The summed E-state index contributed by atoms with van der Waals surface area (Å²) in [5.74, 6) is 0.375. The molecule has 0 saturated heterocycles. The van der Waals surface area contributed by atoms with Crippen molar-refractivity contribution in [3.63, 3.8) is 0 Å². The lowest BCUT2D eigenvalue weighted by atomic mass is 10.1. The molecule has 0 aliphatic heterocycles. The van der Waals surface area contributed by atoms with Crippen LogP contribution >= 0.6 is 0 Å². The Morgan fingerprint density at radius 1 is 1.22 bits per heavy atom. The SMILES string of the molecule is CCC(C)C(=O)N(C)C/C=C(/C)CCC=C(C)C. The Labute approximate surface area is 113 Å². The van der Waals surface area contributed by atoms with Gasteiger partial charge in [0, 0.05) is 19.5 Å². The van der Waals surface area contributed by atoms with Gasteiger partial charge in [-0.15, -0.1) is 0 Å². The molecule has 0 heterocycles. The molecule has 0 rings (SSSR count). The van der Waals surface area contributed by atoms with Crippen molar-refractivity contribution < 1.29 is 4.79 Å². The molecule has 1 amide bonds. The van der Waals surface area contributed by atoms with Crippen LogP contribution in [0.25, 0.3) is 0 Å². The Kier molecular flexibility index (Phi) is 8.43. The molecule has 0 spiro atoms. The van der Waals surface area contributed by atoms with Gasteiger partial charge in [-0.25, -0.2) is 0 Å². The van der Waals surface area contributed by atoms with Crippen molar-refractivity contribution in [3.8, 4) is 0 Å². The molecule has 0 aromatic rings. The van der Waals surface area contributed by atoms with Crippen LogP contribution in [0.4, 0.5) is 0 Å². The average molecular weight is 251 g/mol. The molecule has 0 aromatic heterocycles. The lowest BCUT2D eigenvalue weighted by Gasteiger charge is -2.19. The first-order valence-electron chi connectivity index (χ1n) is 6.92. The number of likely N-dealkylation sites (N-methyl/N-ethyl adjacent to an activating group) is 1. The van der Waals surface area contributed by atoms with E-state index in [2.05, 4.69) is 39.8 Å². The molecule has 2 heteroatoms. The van der Waals surface area contributed by atoms with Gasteiger partial charge in [-0.2, -0.15) is 0 Å². The summed E-state index contributed by atoms with van der Waals surface area (Å²) >= 11 is 0. The molecule has 0 saturated carbocycles. The van der Waals surface area contributed by atoms with Gasteiger partial charge in [0.15, 0.2) is 0 Å². The second-order valence-corrected chi connectivity index (χ2v) is 5.40. The molecule has 0 aromatic carbocycles. The fraction of sp³-hybridized carbons (Fsp3) is 0.688. The fourth-order valence-electron chi connectivity index (χ4n) is 1.62. The van der Waals surface area contributed by atoms with Crippen molar-refractivity contribution >= 4 is 5.91 Å². The molecule has 0 aliphatic carbocycles. The summed E-state index contributed by atoms with van der Waals surface area (Å²) in [6.07, 6.45) is 7.50. The maximum absolute atomic E-state index is 11.9. The fourth-order valence-corrected chi connectivity index (χ4v) is 1.62. The van der Waals surface area contributed by atoms with E-state index in [4.69, 9.17) is 0 Å². The molecule has 18 heavy (non-hydrogen) atoms. The van der Waals surface area contributed by atoms with Crippen molar-refractivity contribution in [1.82, 2.24) is 4.90 Å². The van der Waals surface area contributed by atoms with E-state index in [9.17, 15) is 4.79 Å². The Morgan fingerprint density at radius 2 is 1.83 bits per heavy atom. The van der Waals surface area contributed by atoms with Crippen LogP contribution in [0, 0.1) is 5.92 Å². The monoisotopic (exact) mass is 251 g/mol. The van der Waals surface area contributed by atoms with Crippen molar-refractivity contribution in [1.29, 1.82) is 0 Å². The van der Waals surface area contributed by atoms with Gasteiger partial charge in [0.05, 0.1) is 0 Å². The average Bonchev–Trinajstić information content (AvgIpc) is 2.33. The smallest absolute Gasteiger partial charge is 0.225 e. The van der Waals surface area contributed by atoms with Gasteiger partial charge < -0.3 is 4.90 Å². The van der Waals surface area contributed by atoms with E-state index >= 15 is 0 Å². The van der Waals surface area contributed by atoms with Crippen molar-refractivity contribution in [2.24, 2.45) is 5.92 Å². The molecule has 2 nitrogen and oxygen atoms in total. The Balaban J connectivity index is 4.12. The zero-order chi connectivity index (χ0) is 14.1. The van der Waals surface area contributed by atoms with Crippen LogP contribution in [0.1, 0.15) is 53.9 Å². The quantitative estimate of drug-likeness (QED) is 0.621. The van der Waals surface area contributed by atoms with Crippen LogP contribution in [0.15, 0.2) is 23.3 Å². The van der Waals surface area contributed by atoms with Crippen LogP contribution in [0.5, 0.6) is 0 Å². The zero-order valence-corrected chi connectivity index (χ0v) is 12.9. The van der Waals surface area contributed by atoms with Crippen LogP contribution in [-0.4, -0.2) is 24.4 Å². The Hall–Kier alpha value is -1.05. The zero-order valence-electron chi connectivity index (χ0n) is 12.9. The number of rotatable bonds is 7. The summed E-state index contributed by atoms with van der Waals surface area (Å²) in [4.78, 5) is 13.7. The van der Waals surface area contributed by atoms with E-state index < -0.39 is 0 Å². The third-order valence-corrected chi connectivity index (χ3v) is 3.22. The predicted octanol–water partition coefficient (Wildman–Crippen LogP) is 4.18. The summed E-state index contributed by atoms with van der Waals surface area (Å²) in [5.41, 5.74) is 2.73. The van der Waals surface area contributed by atoms with Crippen LogP contribution in [0.3, 0.4) is 0 Å². The minimum atomic E-state index is 0.134. The maximum atomic E-state index is 11.9. The summed E-state index contributed by atoms with van der Waals surface area (Å²) in [6.45, 7) is 11.2. The maximum Gasteiger partial charge on any atom is 0.225 e. The molecule has 0 aliphatic rings. The van der Waals surface area contributed by atoms with Gasteiger partial charge in [0.2, 0.25) is 5.91 Å². The van der Waals surface area contributed by atoms with Crippen molar-refractivity contribution in [2.45, 2.75) is 53.9 Å². The molecule has 1 unspecified atom stereocenters. The van der Waals surface area contributed by atoms with Gasteiger partial charge in [-0.1, -0.05) is 37.1 Å². The molecule has 0 radical (unpaired) electrons. The molecule has 0 bridgehead atoms. The van der Waals surface area contributed by atoms with Gasteiger partial charge in [0.1, 0.15) is 0 Å². The van der Waals surface area contributed by atoms with Gasteiger partial charge >= 0.3 is 0 Å². The molecule has 0 fully saturated rings. The van der Waals surface area contributed by atoms with E-state index in [1.807, 2.05) is 18.9 Å². The van der Waals surface area contributed by atoms with Crippen LogP contribution < -0.4 is 0 Å². The largest absolute Gasteiger partial charge is 0.342 e. The number of carbonyl (C=O) groups is 1.